The van der Waals surface area contributed by atoms with E-state index in [1.165, 1.54) is 11.8 Å². The van der Waals surface area contributed by atoms with Crippen molar-refractivity contribution in [2.45, 2.75) is 6.92 Å². The van der Waals surface area contributed by atoms with E-state index >= 15 is 0 Å². The van der Waals surface area contributed by atoms with Gasteiger partial charge in [-0.25, -0.2) is 8.78 Å². The minimum atomic E-state index is -0.692. The Morgan fingerprint density at radius 1 is 1.21 bits per heavy atom. The topological polar surface area (TPSA) is 20.3 Å². The van der Waals surface area contributed by atoms with Crippen LogP contribution in [0, 0.1) is 11.6 Å². The number of rotatable bonds is 2. The molecule has 0 unspecified atom stereocenters. The molecule has 76 valence electrons. The van der Waals surface area contributed by atoms with Gasteiger partial charge in [0.05, 0.1) is 11.3 Å². The zero-order valence-corrected chi connectivity index (χ0v) is 8.27. The molecule has 1 aromatic carbocycles. The zero-order valence-electron chi connectivity index (χ0n) is 8.27. The molecule has 0 aliphatic heterocycles. The van der Waals surface area contributed by atoms with Gasteiger partial charge in [-0.3, -0.25) is 4.79 Å². The van der Waals surface area contributed by atoms with E-state index < -0.39 is 17.4 Å². The van der Waals surface area contributed by atoms with Gasteiger partial charge < -0.3 is 4.90 Å². The second kappa shape index (κ2) is 3.74. The second-order valence-electron chi connectivity index (χ2n) is 3.20. The third-order valence-corrected chi connectivity index (χ3v) is 1.88. The Labute approximate surface area is 81.1 Å². The number of halogens is 2. The summed E-state index contributed by atoms with van der Waals surface area (Å²) in [4.78, 5) is 12.5. The Morgan fingerprint density at radius 3 is 2.07 bits per heavy atom. The summed E-state index contributed by atoms with van der Waals surface area (Å²) >= 11 is 0. The molecule has 0 radical (unpaired) electrons. The lowest BCUT2D eigenvalue weighted by molar-refractivity contribution is 0.101. The first kappa shape index (κ1) is 10.6. The van der Waals surface area contributed by atoms with Crippen molar-refractivity contribution in [1.82, 2.24) is 0 Å². The first-order valence-corrected chi connectivity index (χ1v) is 4.11. The molecular weight excluding hydrogens is 188 g/mol. The SMILES string of the molecule is CC(=O)c1c(F)ccc(F)c1N(C)C. The molecule has 0 saturated heterocycles. The van der Waals surface area contributed by atoms with Crippen molar-refractivity contribution in [2.75, 3.05) is 19.0 Å². The molecule has 0 fully saturated rings. The molecule has 2 nitrogen and oxygen atoms in total. The number of benzene rings is 1. The zero-order chi connectivity index (χ0) is 10.9. The van der Waals surface area contributed by atoms with Crippen LogP contribution in [0.3, 0.4) is 0 Å². The molecule has 0 aliphatic rings. The maximum Gasteiger partial charge on any atom is 0.164 e. The molecule has 0 aliphatic carbocycles. The molecule has 0 atom stereocenters. The number of carbonyl (C=O) groups excluding carboxylic acids is 1. The fourth-order valence-corrected chi connectivity index (χ4v) is 1.31. The van der Waals surface area contributed by atoms with E-state index in [0.29, 0.717) is 0 Å². The predicted molar refractivity (Wildman–Crippen MR) is 50.7 cm³/mol. The van der Waals surface area contributed by atoms with Crippen molar-refractivity contribution >= 4 is 11.5 Å². The number of anilines is 1. The van der Waals surface area contributed by atoms with Gasteiger partial charge in [0.15, 0.2) is 5.78 Å². The van der Waals surface area contributed by atoms with E-state index in [1.54, 1.807) is 14.1 Å². The van der Waals surface area contributed by atoms with Crippen molar-refractivity contribution in [3.63, 3.8) is 0 Å². The summed E-state index contributed by atoms with van der Waals surface area (Å²) in [5.41, 5.74) is -0.201. The summed E-state index contributed by atoms with van der Waals surface area (Å²) < 4.78 is 26.5. The Morgan fingerprint density at radius 2 is 1.71 bits per heavy atom. The summed E-state index contributed by atoms with van der Waals surface area (Å²) in [6, 6.07) is 1.97. The second-order valence-corrected chi connectivity index (χ2v) is 3.20. The molecule has 0 N–H and O–H groups in total. The standard InChI is InChI=1S/C10H11F2NO/c1-6(14)9-7(11)4-5-8(12)10(9)13(2)3/h4-5H,1-3H3. The van der Waals surface area contributed by atoms with Crippen LogP contribution in [0.25, 0.3) is 0 Å². The van der Waals surface area contributed by atoms with Crippen LogP contribution in [0.2, 0.25) is 0 Å². The third-order valence-electron chi connectivity index (χ3n) is 1.88. The molecule has 0 amide bonds. The van der Waals surface area contributed by atoms with Crippen molar-refractivity contribution in [3.8, 4) is 0 Å². The monoisotopic (exact) mass is 199 g/mol. The van der Waals surface area contributed by atoms with Gasteiger partial charge in [-0.2, -0.15) is 0 Å². The van der Waals surface area contributed by atoms with E-state index in [0.717, 1.165) is 12.1 Å². The van der Waals surface area contributed by atoms with E-state index in [1.807, 2.05) is 0 Å². The average Bonchev–Trinajstić information content (AvgIpc) is 2.07. The minimum Gasteiger partial charge on any atom is -0.375 e. The minimum absolute atomic E-state index is 0.00231. The fourth-order valence-electron chi connectivity index (χ4n) is 1.31. The quantitative estimate of drug-likeness (QED) is 0.681. The lowest BCUT2D eigenvalue weighted by atomic mass is 10.1. The van der Waals surface area contributed by atoms with Gasteiger partial charge >= 0.3 is 0 Å². The Kier molecular flexibility index (Phi) is 2.84. The molecule has 0 spiro atoms. The summed E-state index contributed by atoms with van der Waals surface area (Å²) in [6.45, 7) is 1.21. The molecule has 14 heavy (non-hydrogen) atoms. The first-order chi connectivity index (χ1) is 6.45. The molecule has 0 heterocycles. The lowest BCUT2D eigenvalue weighted by Crippen LogP contribution is -2.16. The molecule has 1 aromatic rings. The Hall–Kier alpha value is -1.45. The number of Topliss-reactive ketones (excluding diaryl/α,β-unsaturated/α-hetero) is 1. The van der Waals surface area contributed by atoms with Crippen LogP contribution in [0.5, 0.6) is 0 Å². The summed E-state index contributed by atoms with van der Waals surface area (Å²) in [7, 11) is 3.12. The van der Waals surface area contributed by atoms with Gasteiger partial charge in [0, 0.05) is 14.1 Å². The predicted octanol–water partition coefficient (Wildman–Crippen LogP) is 2.23. The van der Waals surface area contributed by atoms with Crippen LogP contribution >= 0.6 is 0 Å². The van der Waals surface area contributed by atoms with Gasteiger partial charge in [0.1, 0.15) is 11.6 Å². The summed E-state index contributed by atoms with van der Waals surface area (Å²) in [6.07, 6.45) is 0. The third kappa shape index (κ3) is 1.73. The average molecular weight is 199 g/mol. The van der Waals surface area contributed by atoms with Crippen LogP contribution < -0.4 is 4.90 Å². The van der Waals surface area contributed by atoms with Gasteiger partial charge in [-0.15, -0.1) is 0 Å². The highest BCUT2D eigenvalue weighted by Gasteiger charge is 2.18. The van der Waals surface area contributed by atoms with Gasteiger partial charge in [0.25, 0.3) is 0 Å². The molecule has 1 rings (SSSR count). The van der Waals surface area contributed by atoms with Crippen LogP contribution in [-0.4, -0.2) is 19.9 Å². The van der Waals surface area contributed by atoms with Crippen molar-refractivity contribution in [2.24, 2.45) is 0 Å². The molecule has 0 saturated carbocycles. The smallest absolute Gasteiger partial charge is 0.164 e. The van der Waals surface area contributed by atoms with Crippen molar-refractivity contribution in [1.29, 1.82) is 0 Å². The maximum atomic E-state index is 13.3. The fraction of sp³-hybridized carbons (Fsp3) is 0.300. The Balaban J connectivity index is 3.50. The van der Waals surface area contributed by atoms with Crippen molar-refractivity contribution in [3.05, 3.63) is 29.3 Å². The van der Waals surface area contributed by atoms with E-state index in [4.69, 9.17) is 0 Å². The van der Waals surface area contributed by atoms with Gasteiger partial charge in [-0.05, 0) is 19.1 Å². The molecule has 0 bridgehead atoms. The molecule has 0 aromatic heterocycles. The van der Waals surface area contributed by atoms with Crippen LogP contribution in [-0.2, 0) is 0 Å². The van der Waals surface area contributed by atoms with Crippen molar-refractivity contribution < 1.29 is 13.6 Å². The highest BCUT2D eigenvalue weighted by molar-refractivity contribution is 6.00. The summed E-state index contributed by atoms with van der Waals surface area (Å²) in [5, 5.41) is 0. The number of carbonyl (C=O) groups is 1. The number of ketones is 1. The lowest BCUT2D eigenvalue weighted by Gasteiger charge is -2.17. The number of nitrogens with zero attached hydrogens (tertiary/aromatic N) is 1. The Bertz CT molecular complexity index is 375. The normalized spacial score (nSPS) is 10.1. The highest BCUT2D eigenvalue weighted by atomic mass is 19.1. The molecule has 4 heteroatoms. The largest absolute Gasteiger partial charge is 0.375 e. The molecular formula is C10H11F2NO. The van der Waals surface area contributed by atoms with E-state index in [2.05, 4.69) is 0 Å². The highest BCUT2D eigenvalue weighted by Crippen LogP contribution is 2.25. The van der Waals surface area contributed by atoms with E-state index in [9.17, 15) is 13.6 Å². The summed E-state index contributed by atoms with van der Waals surface area (Å²) in [5.74, 6) is -1.77. The number of hydrogen-bond acceptors (Lipinski definition) is 2. The van der Waals surface area contributed by atoms with Crippen LogP contribution in [0.15, 0.2) is 12.1 Å². The number of hydrogen-bond donors (Lipinski definition) is 0. The van der Waals surface area contributed by atoms with Gasteiger partial charge in [0.2, 0.25) is 0 Å². The first-order valence-electron chi connectivity index (χ1n) is 4.11. The maximum absolute atomic E-state index is 13.3. The van der Waals surface area contributed by atoms with Gasteiger partial charge in [-0.1, -0.05) is 0 Å². The van der Waals surface area contributed by atoms with E-state index in [-0.39, 0.29) is 11.3 Å². The van der Waals surface area contributed by atoms with Crippen LogP contribution in [0.4, 0.5) is 14.5 Å². The van der Waals surface area contributed by atoms with Crippen LogP contribution in [0.1, 0.15) is 17.3 Å².